The zero-order valence-corrected chi connectivity index (χ0v) is 10.3. The lowest BCUT2D eigenvalue weighted by Gasteiger charge is -2.44. The summed E-state index contributed by atoms with van der Waals surface area (Å²) in [5, 5.41) is 2.24. The quantitative estimate of drug-likeness (QED) is 0.623. The molecule has 90 valence electrons. The molecule has 0 aromatic carbocycles. The molecule has 0 bridgehead atoms. The van der Waals surface area contributed by atoms with Crippen molar-refractivity contribution >= 4 is 7.60 Å². The van der Waals surface area contributed by atoms with E-state index in [9.17, 15) is 14.4 Å². The molecule has 1 aliphatic heterocycles. The predicted molar refractivity (Wildman–Crippen MR) is 59.8 cm³/mol. The van der Waals surface area contributed by atoms with Gasteiger partial charge in [0.25, 0.3) is 0 Å². The van der Waals surface area contributed by atoms with Crippen molar-refractivity contribution in [2.24, 2.45) is 0 Å². The summed E-state index contributed by atoms with van der Waals surface area (Å²) in [4.78, 5) is 21.0. The minimum absolute atomic E-state index is 0.494. The van der Waals surface area contributed by atoms with Gasteiger partial charge in [0.05, 0.1) is 0 Å². The van der Waals surface area contributed by atoms with Gasteiger partial charge in [-0.3, -0.25) is 9.46 Å². The number of hydrogen-bond acceptors (Lipinski definition) is 3. The second-order valence-corrected chi connectivity index (χ2v) is 5.89. The van der Waals surface area contributed by atoms with Crippen LogP contribution in [0.1, 0.15) is 26.7 Å². The zero-order valence-electron chi connectivity index (χ0n) is 9.44. The van der Waals surface area contributed by atoms with Crippen LogP contribution in [0.5, 0.6) is 0 Å². The van der Waals surface area contributed by atoms with E-state index in [1.165, 1.54) is 0 Å². The standard InChI is InChI=1S/C9H21N2O3P/c1-3-9(4-2,15(12,13)14)11-7-5-10-6-8-11/h10H,3-8H2,1-2H3,(H2,12,13,14). The minimum Gasteiger partial charge on any atom is -0.323 e. The van der Waals surface area contributed by atoms with Crippen molar-refractivity contribution < 1.29 is 14.4 Å². The summed E-state index contributed by atoms with van der Waals surface area (Å²) in [6, 6.07) is 0. The lowest BCUT2D eigenvalue weighted by atomic mass is 10.1. The fourth-order valence-electron chi connectivity index (χ4n) is 2.37. The maximum absolute atomic E-state index is 11.6. The lowest BCUT2D eigenvalue weighted by Crippen LogP contribution is -2.55. The van der Waals surface area contributed by atoms with Crippen LogP contribution < -0.4 is 5.32 Å². The summed E-state index contributed by atoms with van der Waals surface area (Å²) in [6.45, 7) is 6.75. The van der Waals surface area contributed by atoms with Crippen LogP contribution in [-0.2, 0) is 4.57 Å². The van der Waals surface area contributed by atoms with Crippen molar-refractivity contribution in [3.8, 4) is 0 Å². The Morgan fingerprint density at radius 3 is 2.07 bits per heavy atom. The number of rotatable bonds is 4. The molecule has 15 heavy (non-hydrogen) atoms. The molecule has 0 spiro atoms. The Morgan fingerprint density at radius 1 is 1.27 bits per heavy atom. The highest BCUT2D eigenvalue weighted by atomic mass is 31.2. The summed E-state index contributed by atoms with van der Waals surface area (Å²) in [6.07, 6.45) is 0.988. The maximum Gasteiger partial charge on any atom is 0.345 e. The summed E-state index contributed by atoms with van der Waals surface area (Å²) in [5.41, 5.74) is 0. The van der Waals surface area contributed by atoms with Crippen LogP contribution in [0.2, 0.25) is 0 Å². The first-order valence-corrected chi connectivity index (χ1v) is 7.10. The third kappa shape index (κ3) is 2.43. The van der Waals surface area contributed by atoms with Crippen molar-refractivity contribution in [2.75, 3.05) is 26.2 Å². The van der Waals surface area contributed by atoms with Crippen molar-refractivity contribution in [1.29, 1.82) is 0 Å². The molecule has 0 aromatic heterocycles. The van der Waals surface area contributed by atoms with Gasteiger partial charge in [-0.25, -0.2) is 0 Å². The van der Waals surface area contributed by atoms with Crippen molar-refractivity contribution in [2.45, 2.75) is 32.0 Å². The van der Waals surface area contributed by atoms with Crippen molar-refractivity contribution in [3.63, 3.8) is 0 Å². The average Bonchev–Trinajstić information content (AvgIpc) is 2.20. The highest BCUT2D eigenvalue weighted by Crippen LogP contribution is 2.56. The van der Waals surface area contributed by atoms with Gasteiger partial charge in [-0.1, -0.05) is 13.8 Å². The summed E-state index contributed by atoms with van der Waals surface area (Å²) in [5.74, 6) is 0. The van der Waals surface area contributed by atoms with Crippen LogP contribution in [0, 0.1) is 0 Å². The summed E-state index contributed by atoms with van der Waals surface area (Å²) in [7, 11) is -4.08. The normalized spacial score (nSPS) is 20.5. The Morgan fingerprint density at radius 2 is 1.73 bits per heavy atom. The molecular weight excluding hydrogens is 215 g/mol. The molecule has 0 aliphatic carbocycles. The first kappa shape index (κ1) is 13.1. The van der Waals surface area contributed by atoms with E-state index in [1.807, 2.05) is 18.7 Å². The van der Waals surface area contributed by atoms with Gasteiger partial charge in [0.2, 0.25) is 0 Å². The largest absolute Gasteiger partial charge is 0.345 e. The van der Waals surface area contributed by atoms with Crippen LogP contribution in [0.25, 0.3) is 0 Å². The molecule has 1 aliphatic rings. The molecule has 0 aromatic rings. The molecule has 0 amide bonds. The fraction of sp³-hybridized carbons (Fsp3) is 1.00. The first-order chi connectivity index (χ1) is 6.98. The topological polar surface area (TPSA) is 72.8 Å². The monoisotopic (exact) mass is 236 g/mol. The fourth-order valence-corrected chi connectivity index (χ4v) is 3.77. The molecule has 3 N–H and O–H groups in total. The summed E-state index contributed by atoms with van der Waals surface area (Å²) < 4.78 is 11.6. The van der Waals surface area contributed by atoms with E-state index >= 15 is 0 Å². The summed E-state index contributed by atoms with van der Waals surface area (Å²) >= 11 is 0. The van der Waals surface area contributed by atoms with E-state index in [1.54, 1.807) is 0 Å². The lowest BCUT2D eigenvalue weighted by molar-refractivity contribution is 0.103. The zero-order chi connectivity index (χ0) is 11.5. The second-order valence-electron chi connectivity index (χ2n) is 3.97. The van der Waals surface area contributed by atoms with Crippen molar-refractivity contribution in [1.82, 2.24) is 10.2 Å². The van der Waals surface area contributed by atoms with E-state index in [0.717, 1.165) is 13.1 Å². The minimum atomic E-state index is -4.08. The highest BCUT2D eigenvalue weighted by Gasteiger charge is 2.48. The van der Waals surface area contributed by atoms with Crippen LogP contribution in [0.3, 0.4) is 0 Å². The van der Waals surface area contributed by atoms with E-state index < -0.39 is 12.9 Å². The van der Waals surface area contributed by atoms with Gasteiger partial charge in [0.1, 0.15) is 5.28 Å². The SMILES string of the molecule is CCC(CC)(N1CCNCC1)P(=O)(O)O. The first-order valence-electron chi connectivity index (χ1n) is 5.49. The molecule has 1 fully saturated rings. The smallest absolute Gasteiger partial charge is 0.323 e. The molecule has 1 rings (SSSR count). The molecule has 0 radical (unpaired) electrons. The van der Waals surface area contributed by atoms with E-state index in [2.05, 4.69) is 5.32 Å². The van der Waals surface area contributed by atoms with E-state index in [4.69, 9.17) is 0 Å². The second kappa shape index (κ2) is 4.93. The van der Waals surface area contributed by atoms with Gasteiger partial charge >= 0.3 is 7.60 Å². The van der Waals surface area contributed by atoms with Crippen LogP contribution in [0.15, 0.2) is 0 Å². The molecule has 6 heteroatoms. The third-order valence-electron chi connectivity index (χ3n) is 3.38. The highest BCUT2D eigenvalue weighted by molar-refractivity contribution is 7.53. The average molecular weight is 236 g/mol. The van der Waals surface area contributed by atoms with Gasteiger partial charge in [-0.15, -0.1) is 0 Å². The van der Waals surface area contributed by atoms with Gasteiger partial charge in [-0.2, -0.15) is 0 Å². The molecule has 0 atom stereocenters. The molecule has 1 saturated heterocycles. The van der Waals surface area contributed by atoms with Crippen LogP contribution >= 0.6 is 7.60 Å². The Hall–Kier alpha value is 0.0700. The van der Waals surface area contributed by atoms with Gasteiger partial charge < -0.3 is 15.1 Å². The third-order valence-corrected chi connectivity index (χ3v) is 5.38. The molecule has 0 saturated carbocycles. The van der Waals surface area contributed by atoms with Crippen LogP contribution in [0.4, 0.5) is 0 Å². The number of nitrogens with one attached hydrogen (secondary N) is 1. The Labute approximate surface area is 91.0 Å². The number of nitrogens with zero attached hydrogens (tertiary/aromatic N) is 1. The molecule has 1 heterocycles. The van der Waals surface area contributed by atoms with Gasteiger partial charge in [0.15, 0.2) is 0 Å². The van der Waals surface area contributed by atoms with E-state index in [-0.39, 0.29) is 0 Å². The maximum atomic E-state index is 11.6. The Balaban J connectivity index is 2.93. The predicted octanol–water partition coefficient (Wildman–Crippen LogP) is 0.586. The Kier molecular flexibility index (Phi) is 4.32. The van der Waals surface area contributed by atoms with Crippen molar-refractivity contribution in [3.05, 3.63) is 0 Å². The van der Waals surface area contributed by atoms with Gasteiger partial charge in [-0.05, 0) is 12.8 Å². The molecular formula is C9H21N2O3P. The number of hydrogen-bond donors (Lipinski definition) is 3. The van der Waals surface area contributed by atoms with E-state index in [0.29, 0.717) is 25.9 Å². The van der Waals surface area contributed by atoms with Gasteiger partial charge in [0, 0.05) is 26.2 Å². The Bertz CT molecular complexity index is 244. The molecule has 5 nitrogen and oxygen atoms in total. The molecule has 0 unspecified atom stereocenters. The van der Waals surface area contributed by atoms with Crippen LogP contribution in [-0.4, -0.2) is 46.1 Å². The number of piperazine rings is 1.